The Morgan fingerprint density at radius 2 is 1.78 bits per heavy atom. The molecule has 0 saturated heterocycles. The molecule has 0 unspecified atom stereocenters. The summed E-state index contributed by atoms with van der Waals surface area (Å²) in [6.07, 6.45) is 0. The minimum absolute atomic E-state index is 0.0773. The van der Waals surface area contributed by atoms with Gasteiger partial charge in [0.05, 0.1) is 4.90 Å². The van der Waals surface area contributed by atoms with Gasteiger partial charge in [0.1, 0.15) is 13.2 Å². The predicted molar refractivity (Wildman–Crippen MR) is 102 cm³/mol. The zero-order valence-corrected chi connectivity index (χ0v) is 16.2. The smallest absolute Gasteiger partial charge is 0.255 e. The summed E-state index contributed by atoms with van der Waals surface area (Å²) in [5.41, 5.74) is 0.792. The lowest BCUT2D eigenvalue weighted by molar-refractivity contribution is 0.102. The van der Waals surface area contributed by atoms with E-state index in [1.54, 1.807) is 44.2 Å². The Morgan fingerprint density at radius 1 is 1.07 bits per heavy atom. The van der Waals surface area contributed by atoms with E-state index in [1.165, 1.54) is 23.5 Å². The fourth-order valence-corrected chi connectivity index (χ4v) is 3.98. The van der Waals surface area contributed by atoms with Crippen molar-refractivity contribution in [3.63, 3.8) is 0 Å². The SMILES string of the molecule is CC(C)N(C)S(=O)(=O)c1cccc(C(=O)Nc2ccc3c(c2)OCCO3)c1. The van der Waals surface area contributed by atoms with Gasteiger partial charge >= 0.3 is 0 Å². The number of anilines is 1. The third-order valence-electron chi connectivity index (χ3n) is 4.30. The number of nitrogens with one attached hydrogen (secondary N) is 1. The van der Waals surface area contributed by atoms with Gasteiger partial charge < -0.3 is 14.8 Å². The average Bonchev–Trinajstić information content (AvgIpc) is 2.67. The molecule has 0 bridgehead atoms. The summed E-state index contributed by atoms with van der Waals surface area (Å²) in [5.74, 6) is 0.786. The molecular weight excluding hydrogens is 368 g/mol. The molecule has 2 aromatic rings. The highest BCUT2D eigenvalue weighted by Gasteiger charge is 2.24. The summed E-state index contributed by atoms with van der Waals surface area (Å²) in [6, 6.07) is 10.9. The highest BCUT2D eigenvalue weighted by atomic mass is 32.2. The summed E-state index contributed by atoms with van der Waals surface area (Å²) in [6.45, 7) is 4.52. The number of amides is 1. The van der Waals surface area contributed by atoms with Crippen LogP contribution in [0.3, 0.4) is 0 Å². The van der Waals surface area contributed by atoms with Crippen LogP contribution in [0.15, 0.2) is 47.4 Å². The first-order chi connectivity index (χ1) is 12.8. The zero-order chi connectivity index (χ0) is 19.6. The Bertz CT molecular complexity index is 956. The van der Waals surface area contributed by atoms with Gasteiger partial charge in [0.2, 0.25) is 10.0 Å². The molecule has 8 heteroatoms. The van der Waals surface area contributed by atoms with Gasteiger partial charge in [-0.1, -0.05) is 6.07 Å². The quantitative estimate of drug-likeness (QED) is 0.849. The summed E-state index contributed by atoms with van der Waals surface area (Å²) in [7, 11) is -2.15. The fourth-order valence-electron chi connectivity index (χ4n) is 2.57. The molecule has 1 amide bonds. The number of fused-ring (bicyclic) bond motifs is 1. The van der Waals surface area contributed by atoms with Gasteiger partial charge in [0.15, 0.2) is 11.5 Å². The molecule has 1 aliphatic rings. The van der Waals surface area contributed by atoms with E-state index in [-0.39, 0.29) is 16.5 Å². The Hall–Kier alpha value is -2.58. The van der Waals surface area contributed by atoms with E-state index in [4.69, 9.17) is 9.47 Å². The second kappa shape index (κ2) is 7.58. The van der Waals surface area contributed by atoms with Crippen LogP contribution in [-0.4, -0.2) is 44.9 Å². The van der Waals surface area contributed by atoms with Crippen molar-refractivity contribution in [2.75, 3.05) is 25.6 Å². The highest BCUT2D eigenvalue weighted by molar-refractivity contribution is 7.89. The van der Waals surface area contributed by atoms with E-state index in [2.05, 4.69) is 5.32 Å². The topological polar surface area (TPSA) is 84.9 Å². The lowest BCUT2D eigenvalue weighted by Crippen LogP contribution is -2.33. The van der Waals surface area contributed by atoms with E-state index < -0.39 is 15.9 Å². The van der Waals surface area contributed by atoms with Crippen LogP contribution in [0.2, 0.25) is 0 Å². The molecule has 3 rings (SSSR count). The maximum Gasteiger partial charge on any atom is 0.255 e. The molecule has 1 aliphatic heterocycles. The third kappa shape index (κ3) is 4.06. The van der Waals surface area contributed by atoms with Crippen molar-refractivity contribution < 1.29 is 22.7 Å². The monoisotopic (exact) mass is 390 g/mol. The first kappa shape index (κ1) is 19.2. The highest BCUT2D eigenvalue weighted by Crippen LogP contribution is 2.32. The van der Waals surface area contributed by atoms with Gasteiger partial charge in [-0.25, -0.2) is 8.42 Å². The van der Waals surface area contributed by atoms with E-state index in [0.717, 1.165) is 0 Å². The van der Waals surface area contributed by atoms with Crippen molar-refractivity contribution in [3.8, 4) is 11.5 Å². The number of nitrogens with zero attached hydrogens (tertiary/aromatic N) is 1. The molecule has 0 radical (unpaired) electrons. The molecule has 0 aromatic heterocycles. The van der Waals surface area contributed by atoms with Gasteiger partial charge in [-0.3, -0.25) is 4.79 Å². The van der Waals surface area contributed by atoms with Crippen molar-refractivity contribution in [1.82, 2.24) is 4.31 Å². The van der Waals surface area contributed by atoms with Crippen molar-refractivity contribution >= 4 is 21.6 Å². The van der Waals surface area contributed by atoms with E-state index in [1.807, 2.05) is 0 Å². The Morgan fingerprint density at radius 3 is 2.48 bits per heavy atom. The number of rotatable bonds is 5. The van der Waals surface area contributed by atoms with Crippen LogP contribution in [0.1, 0.15) is 24.2 Å². The Kier molecular flexibility index (Phi) is 5.38. The molecule has 0 atom stereocenters. The van der Waals surface area contributed by atoms with Crippen molar-refractivity contribution in [2.24, 2.45) is 0 Å². The molecule has 2 aromatic carbocycles. The van der Waals surface area contributed by atoms with Crippen LogP contribution < -0.4 is 14.8 Å². The number of carbonyl (C=O) groups is 1. The lowest BCUT2D eigenvalue weighted by atomic mass is 10.2. The normalized spacial score (nSPS) is 13.7. The van der Waals surface area contributed by atoms with Crippen LogP contribution in [0.4, 0.5) is 5.69 Å². The van der Waals surface area contributed by atoms with Gasteiger partial charge in [0, 0.05) is 30.4 Å². The largest absolute Gasteiger partial charge is 0.486 e. The Balaban J connectivity index is 1.82. The summed E-state index contributed by atoms with van der Waals surface area (Å²) in [4.78, 5) is 12.7. The number of ether oxygens (including phenoxy) is 2. The first-order valence-electron chi connectivity index (χ1n) is 8.58. The summed E-state index contributed by atoms with van der Waals surface area (Å²) < 4.78 is 37.5. The molecule has 1 heterocycles. The number of carbonyl (C=O) groups excluding carboxylic acids is 1. The van der Waals surface area contributed by atoms with E-state index in [9.17, 15) is 13.2 Å². The standard InChI is InChI=1S/C19H22N2O5S/c1-13(2)21(3)27(23,24)16-6-4-5-14(11-16)19(22)20-15-7-8-17-18(12-15)26-10-9-25-17/h4-8,11-13H,9-10H2,1-3H3,(H,20,22). The van der Waals surface area contributed by atoms with Crippen LogP contribution >= 0.6 is 0 Å². The number of hydrogen-bond donors (Lipinski definition) is 1. The maximum atomic E-state index is 12.6. The van der Waals surface area contributed by atoms with Crippen LogP contribution in [0.25, 0.3) is 0 Å². The molecule has 144 valence electrons. The lowest BCUT2D eigenvalue weighted by Gasteiger charge is -2.21. The Labute approximate surface area is 158 Å². The van der Waals surface area contributed by atoms with Gasteiger partial charge in [-0.15, -0.1) is 0 Å². The van der Waals surface area contributed by atoms with E-state index >= 15 is 0 Å². The minimum Gasteiger partial charge on any atom is -0.486 e. The molecule has 1 N–H and O–H groups in total. The second-order valence-electron chi connectivity index (χ2n) is 6.46. The second-order valence-corrected chi connectivity index (χ2v) is 8.45. The van der Waals surface area contributed by atoms with Crippen molar-refractivity contribution in [3.05, 3.63) is 48.0 Å². The fraction of sp³-hybridized carbons (Fsp3) is 0.316. The molecule has 0 aliphatic carbocycles. The van der Waals surface area contributed by atoms with Crippen LogP contribution in [0, 0.1) is 0 Å². The van der Waals surface area contributed by atoms with Crippen LogP contribution in [-0.2, 0) is 10.0 Å². The summed E-state index contributed by atoms with van der Waals surface area (Å²) >= 11 is 0. The summed E-state index contributed by atoms with van der Waals surface area (Å²) in [5, 5.41) is 2.76. The van der Waals surface area contributed by atoms with Crippen molar-refractivity contribution in [2.45, 2.75) is 24.8 Å². The number of hydrogen-bond acceptors (Lipinski definition) is 5. The third-order valence-corrected chi connectivity index (χ3v) is 6.33. The predicted octanol–water partition coefficient (Wildman–Crippen LogP) is 2.74. The average molecular weight is 390 g/mol. The maximum absolute atomic E-state index is 12.6. The van der Waals surface area contributed by atoms with Crippen molar-refractivity contribution in [1.29, 1.82) is 0 Å². The minimum atomic E-state index is -3.66. The first-order valence-corrected chi connectivity index (χ1v) is 10.0. The molecule has 27 heavy (non-hydrogen) atoms. The number of sulfonamides is 1. The molecule has 0 spiro atoms. The zero-order valence-electron chi connectivity index (χ0n) is 15.4. The number of benzene rings is 2. The van der Waals surface area contributed by atoms with E-state index in [0.29, 0.717) is 30.4 Å². The molecule has 0 fully saturated rings. The molecule has 0 saturated carbocycles. The van der Waals surface area contributed by atoms with Gasteiger partial charge in [0.25, 0.3) is 5.91 Å². The van der Waals surface area contributed by atoms with Gasteiger partial charge in [-0.2, -0.15) is 4.31 Å². The van der Waals surface area contributed by atoms with Gasteiger partial charge in [-0.05, 0) is 44.2 Å². The molecule has 7 nitrogen and oxygen atoms in total. The van der Waals surface area contributed by atoms with Crippen LogP contribution in [0.5, 0.6) is 11.5 Å². The molecular formula is C19H22N2O5S.